The van der Waals surface area contributed by atoms with Crippen molar-refractivity contribution in [2.45, 2.75) is 6.10 Å². The molecule has 0 spiro atoms. The second kappa shape index (κ2) is 4.01. The number of aliphatic hydroxyl groups excluding tert-OH is 1. The fraction of sp³-hybridized carbons (Fsp3) is 0.250. The summed E-state index contributed by atoms with van der Waals surface area (Å²) in [4.78, 5) is 9.64. The third-order valence-corrected chi connectivity index (χ3v) is 1.73. The van der Waals surface area contributed by atoms with Crippen molar-refractivity contribution >= 4 is 5.69 Å². The number of benzene rings is 1. The van der Waals surface area contributed by atoms with E-state index in [1.165, 1.54) is 0 Å². The van der Waals surface area contributed by atoms with Gasteiger partial charge in [-0.05, 0) is 6.07 Å². The predicted octanol–water partition coefficient (Wildman–Crippen LogP) is 1.30. The molecule has 1 aromatic rings. The van der Waals surface area contributed by atoms with Crippen LogP contribution >= 0.6 is 0 Å². The summed E-state index contributed by atoms with van der Waals surface area (Å²) in [5.41, 5.74) is -0.480. The first-order valence-electron chi connectivity index (χ1n) is 3.77. The first-order chi connectivity index (χ1) is 6.56. The van der Waals surface area contributed by atoms with Gasteiger partial charge >= 0.3 is 0 Å². The third-order valence-electron chi connectivity index (χ3n) is 1.73. The summed E-state index contributed by atoms with van der Waals surface area (Å²) in [6.45, 7) is -1.10. The fourth-order valence-corrected chi connectivity index (χ4v) is 1.01. The maximum Gasteiger partial charge on any atom is 0.270 e. The molecule has 0 saturated heterocycles. The molecule has 0 aliphatic heterocycles. The van der Waals surface area contributed by atoms with Gasteiger partial charge in [-0.3, -0.25) is 10.1 Å². The maximum absolute atomic E-state index is 12.1. The lowest BCUT2D eigenvalue weighted by atomic mass is 10.1. The van der Waals surface area contributed by atoms with Gasteiger partial charge in [0.25, 0.3) is 5.69 Å². The standard InChI is InChI=1S/C8H8FNO4/c9-4-8(12)6-3-5(10(13)14)1-2-7(6)11/h1-3,8,11-12H,4H2. The molecular formula is C8H8FNO4. The van der Waals surface area contributed by atoms with Gasteiger partial charge in [-0.15, -0.1) is 0 Å². The van der Waals surface area contributed by atoms with E-state index in [9.17, 15) is 14.5 Å². The fourth-order valence-electron chi connectivity index (χ4n) is 1.01. The van der Waals surface area contributed by atoms with Crippen molar-refractivity contribution in [2.75, 3.05) is 6.67 Å². The lowest BCUT2D eigenvalue weighted by Crippen LogP contribution is -2.00. The van der Waals surface area contributed by atoms with E-state index >= 15 is 0 Å². The van der Waals surface area contributed by atoms with Gasteiger partial charge in [-0.1, -0.05) is 0 Å². The Morgan fingerprint density at radius 2 is 2.21 bits per heavy atom. The zero-order chi connectivity index (χ0) is 10.7. The molecule has 5 nitrogen and oxygen atoms in total. The molecule has 0 heterocycles. The quantitative estimate of drug-likeness (QED) is 0.570. The van der Waals surface area contributed by atoms with Gasteiger partial charge in [0.1, 0.15) is 18.5 Å². The number of alkyl halides is 1. The molecule has 1 aromatic carbocycles. The lowest BCUT2D eigenvalue weighted by molar-refractivity contribution is -0.385. The highest BCUT2D eigenvalue weighted by atomic mass is 19.1. The molecule has 1 rings (SSSR count). The summed E-state index contributed by atoms with van der Waals surface area (Å²) in [5.74, 6) is -0.360. The average Bonchev–Trinajstić information content (AvgIpc) is 2.17. The highest BCUT2D eigenvalue weighted by molar-refractivity contribution is 5.44. The average molecular weight is 201 g/mol. The zero-order valence-corrected chi connectivity index (χ0v) is 7.05. The molecule has 0 aromatic heterocycles. The van der Waals surface area contributed by atoms with E-state index in [1.807, 2.05) is 0 Å². The zero-order valence-electron chi connectivity index (χ0n) is 7.05. The number of nitro groups is 1. The highest BCUT2D eigenvalue weighted by Crippen LogP contribution is 2.28. The van der Waals surface area contributed by atoms with E-state index < -0.39 is 17.7 Å². The number of nitro benzene ring substituents is 1. The Morgan fingerprint density at radius 3 is 2.71 bits per heavy atom. The van der Waals surface area contributed by atoms with Crippen molar-refractivity contribution in [1.29, 1.82) is 0 Å². The summed E-state index contributed by atoms with van der Waals surface area (Å²) < 4.78 is 12.1. The molecule has 0 radical (unpaired) electrons. The molecular weight excluding hydrogens is 193 g/mol. The Balaban J connectivity index is 3.14. The van der Waals surface area contributed by atoms with Gasteiger partial charge in [0.15, 0.2) is 0 Å². The van der Waals surface area contributed by atoms with Gasteiger partial charge in [0, 0.05) is 17.7 Å². The first-order valence-corrected chi connectivity index (χ1v) is 3.77. The van der Waals surface area contributed by atoms with Gasteiger partial charge in [-0.2, -0.15) is 0 Å². The number of phenolic OH excluding ortho intramolecular Hbond substituents is 1. The van der Waals surface area contributed by atoms with E-state index in [-0.39, 0.29) is 17.0 Å². The van der Waals surface area contributed by atoms with Crippen LogP contribution in [-0.4, -0.2) is 21.8 Å². The van der Waals surface area contributed by atoms with Crippen LogP contribution in [0.5, 0.6) is 5.75 Å². The summed E-state index contributed by atoms with van der Waals surface area (Å²) in [6.07, 6.45) is -1.53. The summed E-state index contributed by atoms with van der Waals surface area (Å²) >= 11 is 0. The molecule has 2 N–H and O–H groups in total. The third kappa shape index (κ3) is 1.97. The number of rotatable bonds is 3. The molecule has 76 valence electrons. The molecule has 14 heavy (non-hydrogen) atoms. The van der Waals surface area contributed by atoms with Crippen LogP contribution in [0.25, 0.3) is 0 Å². The Bertz CT molecular complexity index is 355. The summed E-state index contributed by atoms with van der Waals surface area (Å²) in [5, 5.41) is 28.6. The number of phenols is 1. The molecule has 0 saturated carbocycles. The van der Waals surface area contributed by atoms with Crippen molar-refractivity contribution in [3.05, 3.63) is 33.9 Å². The Kier molecular flexibility index (Phi) is 2.98. The monoisotopic (exact) mass is 201 g/mol. The second-order valence-corrected chi connectivity index (χ2v) is 2.67. The first kappa shape index (κ1) is 10.4. The number of halogens is 1. The number of hydrogen-bond acceptors (Lipinski definition) is 4. The van der Waals surface area contributed by atoms with Crippen molar-refractivity contribution in [3.63, 3.8) is 0 Å². The Morgan fingerprint density at radius 1 is 1.57 bits per heavy atom. The van der Waals surface area contributed by atoms with Gasteiger partial charge < -0.3 is 10.2 Å². The second-order valence-electron chi connectivity index (χ2n) is 2.67. The van der Waals surface area contributed by atoms with E-state index in [4.69, 9.17) is 10.2 Å². The molecule has 0 aliphatic carbocycles. The van der Waals surface area contributed by atoms with Crippen LogP contribution in [-0.2, 0) is 0 Å². The minimum absolute atomic E-state index is 0.179. The van der Waals surface area contributed by atoms with Crippen LogP contribution < -0.4 is 0 Å². The number of aromatic hydroxyl groups is 1. The Hall–Kier alpha value is -1.69. The normalized spacial score (nSPS) is 12.4. The van der Waals surface area contributed by atoms with E-state index in [0.717, 1.165) is 18.2 Å². The van der Waals surface area contributed by atoms with Crippen LogP contribution in [0.15, 0.2) is 18.2 Å². The van der Waals surface area contributed by atoms with E-state index in [2.05, 4.69) is 0 Å². The smallest absolute Gasteiger partial charge is 0.270 e. The molecule has 0 bridgehead atoms. The molecule has 0 aliphatic rings. The SMILES string of the molecule is O=[N+]([O-])c1ccc(O)c(C(O)CF)c1. The van der Waals surface area contributed by atoms with Crippen LogP contribution in [0.4, 0.5) is 10.1 Å². The maximum atomic E-state index is 12.1. The molecule has 0 amide bonds. The number of hydrogen-bond donors (Lipinski definition) is 2. The lowest BCUT2D eigenvalue weighted by Gasteiger charge is -2.07. The molecule has 0 fully saturated rings. The van der Waals surface area contributed by atoms with Crippen LogP contribution in [0, 0.1) is 10.1 Å². The number of aliphatic hydroxyl groups is 1. The van der Waals surface area contributed by atoms with Crippen LogP contribution in [0.2, 0.25) is 0 Å². The Labute approximate surface area is 78.6 Å². The van der Waals surface area contributed by atoms with Crippen molar-refractivity contribution in [3.8, 4) is 5.75 Å². The van der Waals surface area contributed by atoms with Crippen LogP contribution in [0.3, 0.4) is 0 Å². The summed E-state index contributed by atoms with van der Waals surface area (Å²) in [6, 6.07) is 3.07. The molecule has 1 atom stereocenters. The van der Waals surface area contributed by atoms with Crippen molar-refractivity contribution in [2.24, 2.45) is 0 Å². The van der Waals surface area contributed by atoms with Gasteiger partial charge in [0.05, 0.1) is 4.92 Å². The topological polar surface area (TPSA) is 83.6 Å². The molecule has 1 unspecified atom stereocenters. The van der Waals surface area contributed by atoms with E-state index in [0.29, 0.717) is 0 Å². The van der Waals surface area contributed by atoms with Crippen molar-refractivity contribution < 1.29 is 19.5 Å². The van der Waals surface area contributed by atoms with Crippen LogP contribution in [0.1, 0.15) is 11.7 Å². The van der Waals surface area contributed by atoms with Gasteiger partial charge in [-0.25, -0.2) is 4.39 Å². The molecule has 6 heteroatoms. The predicted molar refractivity (Wildman–Crippen MR) is 45.7 cm³/mol. The largest absolute Gasteiger partial charge is 0.508 e. The van der Waals surface area contributed by atoms with Gasteiger partial charge in [0.2, 0.25) is 0 Å². The summed E-state index contributed by atoms with van der Waals surface area (Å²) in [7, 11) is 0. The van der Waals surface area contributed by atoms with Crippen molar-refractivity contribution in [1.82, 2.24) is 0 Å². The minimum Gasteiger partial charge on any atom is -0.508 e. The van der Waals surface area contributed by atoms with E-state index in [1.54, 1.807) is 0 Å². The minimum atomic E-state index is -1.53. The number of nitrogens with zero attached hydrogens (tertiary/aromatic N) is 1. The number of non-ortho nitro benzene ring substituents is 1. The highest BCUT2D eigenvalue weighted by Gasteiger charge is 2.16.